The number of anilines is 2. The molecule has 0 atom stereocenters. The van der Waals surface area contributed by atoms with Crippen LogP contribution in [0.4, 0.5) is 11.5 Å². The fraction of sp³-hybridized carbons (Fsp3) is 0.500. The highest BCUT2D eigenvalue weighted by molar-refractivity contribution is 5.62. The van der Waals surface area contributed by atoms with E-state index in [9.17, 15) is 0 Å². The summed E-state index contributed by atoms with van der Waals surface area (Å²) in [6.07, 6.45) is 4.19. The topological polar surface area (TPSA) is 55.0 Å². The number of nitrogen functional groups attached to an aromatic ring is 1. The molecule has 1 aliphatic heterocycles. The Bertz CT molecular complexity index is 268. The fourth-order valence-electron chi connectivity index (χ4n) is 1.56. The number of aromatic nitrogens is 2. The third-order valence-corrected chi connectivity index (χ3v) is 2.17. The largest absolute Gasteiger partial charge is 0.380 e. The maximum Gasteiger partial charge on any atom is 0.169 e. The first-order valence-corrected chi connectivity index (χ1v) is 4.20. The molecule has 64 valence electrons. The van der Waals surface area contributed by atoms with Crippen LogP contribution in [0.25, 0.3) is 0 Å². The van der Waals surface area contributed by atoms with Gasteiger partial charge in [-0.1, -0.05) is 0 Å². The quantitative estimate of drug-likeness (QED) is 0.662. The van der Waals surface area contributed by atoms with Crippen molar-refractivity contribution in [1.82, 2.24) is 10.2 Å². The number of nitrogens with two attached hydrogens (primary N) is 1. The number of nitrogens with zero attached hydrogens (tertiary/aromatic N) is 3. The Hall–Kier alpha value is -1.32. The molecule has 4 heteroatoms. The molecule has 4 nitrogen and oxygen atoms in total. The zero-order valence-corrected chi connectivity index (χ0v) is 6.90. The lowest BCUT2D eigenvalue weighted by molar-refractivity contribution is 0.943. The normalized spacial score (nSPS) is 16.8. The van der Waals surface area contributed by atoms with Crippen LogP contribution >= 0.6 is 0 Å². The predicted molar refractivity (Wildman–Crippen MR) is 47.9 cm³/mol. The van der Waals surface area contributed by atoms with E-state index in [4.69, 9.17) is 5.73 Å². The van der Waals surface area contributed by atoms with Crippen LogP contribution in [0.1, 0.15) is 12.8 Å². The lowest BCUT2D eigenvalue weighted by atomic mass is 10.4. The van der Waals surface area contributed by atoms with E-state index in [1.54, 1.807) is 6.20 Å². The molecule has 0 unspecified atom stereocenters. The second kappa shape index (κ2) is 2.97. The van der Waals surface area contributed by atoms with E-state index in [1.165, 1.54) is 12.8 Å². The molecule has 0 amide bonds. The van der Waals surface area contributed by atoms with Gasteiger partial charge in [-0.05, 0) is 18.9 Å². The molecule has 12 heavy (non-hydrogen) atoms. The summed E-state index contributed by atoms with van der Waals surface area (Å²) in [4.78, 5) is 2.25. The van der Waals surface area contributed by atoms with Crippen molar-refractivity contribution in [2.24, 2.45) is 0 Å². The van der Waals surface area contributed by atoms with Gasteiger partial charge in [-0.15, -0.1) is 5.10 Å². The number of hydrogen-bond donors (Lipinski definition) is 1. The standard InChI is InChI=1S/C8H12N4/c9-8-7(3-4-10-11-8)12-5-1-2-6-12/h3-4H,1-2,5-6H2,(H2,9,11). The molecule has 1 aromatic heterocycles. The third-order valence-electron chi connectivity index (χ3n) is 2.17. The molecule has 1 saturated heterocycles. The Balaban J connectivity index is 2.26. The zero-order chi connectivity index (χ0) is 8.39. The van der Waals surface area contributed by atoms with Crippen LogP contribution in [-0.2, 0) is 0 Å². The van der Waals surface area contributed by atoms with E-state index in [2.05, 4.69) is 15.1 Å². The summed E-state index contributed by atoms with van der Waals surface area (Å²) in [6.45, 7) is 2.19. The van der Waals surface area contributed by atoms with Crippen LogP contribution < -0.4 is 10.6 Å². The Morgan fingerprint density at radius 1 is 1.33 bits per heavy atom. The van der Waals surface area contributed by atoms with Gasteiger partial charge in [0.05, 0.1) is 11.9 Å². The van der Waals surface area contributed by atoms with Gasteiger partial charge < -0.3 is 10.6 Å². The highest BCUT2D eigenvalue weighted by Gasteiger charge is 2.14. The molecular weight excluding hydrogens is 152 g/mol. The van der Waals surface area contributed by atoms with Crippen molar-refractivity contribution in [3.05, 3.63) is 12.3 Å². The van der Waals surface area contributed by atoms with Gasteiger partial charge in [0.2, 0.25) is 0 Å². The monoisotopic (exact) mass is 164 g/mol. The second-order valence-electron chi connectivity index (χ2n) is 3.00. The van der Waals surface area contributed by atoms with Crippen molar-refractivity contribution in [2.75, 3.05) is 23.7 Å². The van der Waals surface area contributed by atoms with Crippen molar-refractivity contribution in [3.63, 3.8) is 0 Å². The molecule has 0 aromatic carbocycles. The molecule has 0 spiro atoms. The first kappa shape index (κ1) is 7.34. The van der Waals surface area contributed by atoms with Gasteiger partial charge in [0.1, 0.15) is 0 Å². The first-order chi connectivity index (χ1) is 5.88. The van der Waals surface area contributed by atoms with E-state index in [0.717, 1.165) is 18.8 Å². The molecule has 2 heterocycles. The van der Waals surface area contributed by atoms with Crippen LogP contribution in [0.5, 0.6) is 0 Å². The summed E-state index contributed by atoms with van der Waals surface area (Å²) < 4.78 is 0. The van der Waals surface area contributed by atoms with Crippen LogP contribution in [0.2, 0.25) is 0 Å². The van der Waals surface area contributed by atoms with Gasteiger partial charge in [-0.2, -0.15) is 5.10 Å². The van der Waals surface area contributed by atoms with E-state index < -0.39 is 0 Å². The lowest BCUT2D eigenvalue weighted by Gasteiger charge is -2.17. The Kier molecular flexibility index (Phi) is 1.81. The van der Waals surface area contributed by atoms with Gasteiger partial charge in [-0.3, -0.25) is 0 Å². The minimum Gasteiger partial charge on any atom is -0.380 e. The number of hydrogen-bond acceptors (Lipinski definition) is 4. The predicted octanol–water partition coefficient (Wildman–Crippen LogP) is 0.659. The van der Waals surface area contributed by atoms with E-state index >= 15 is 0 Å². The molecule has 1 fully saturated rings. The van der Waals surface area contributed by atoms with Crippen molar-refractivity contribution in [1.29, 1.82) is 0 Å². The third kappa shape index (κ3) is 1.20. The lowest BCUT2D eigenvalue weighted by Crippen LogP contribution is -2.19. The summed E-state index contributed by atoms with van der Waals surface area (Å²) in [5, 5.41) is 7.52. The van der Waals surface area contributed by atoms with Crippen molar-refractivity contribution < 1.29 is 0 Å². The van der Waals surface area contributed by atoms with Crippen molar-refractivity contribution >= 4 is 11.5 Å². The molecule has 0 aliphatic carbocycles. The average molecular weight is 164 g/mol. The first-order valence-electron chi connectivity index (χ1n) is 4.20. The molecule has 0 saturated carbocycles. The minimum atomic E-state index is 0.541. The second-order valence-corrected chi connectivity index (χ2v) is 3.00. The van der Waals surface area contributed by atoms with Crippen LogP contribution in [0.15, 0.2) is 12.3 Å². The Morgan fingerprint density at radius 2 is 2.08 bits per heavy atom. The molecule has 2 rings (SSSR count). The highest BCUT2D eigenvalue weighted by Crippen LogP contribution is 2.23. The minimum absolute atomic E-state index is 0.541. The van der Waals surface area contributed by atoms with Gasteiger partial charge in [0.15, 0.2) is 5.82 Å². The highest BCUT2D eigenvalue weighted by atomic mass is 15.2. The maximum atomic E-state index is 5.69. The van der Waals surface area contributed by atoms with Gasteiger partial charge in [0.25, 0.3) is 0 Å². The molecule has 1 aliphatic rings. The number of rotatable bonds is 1. The van der Waals surface area contributed by atoms with Crippen molar-refractivity contribution in [3.8, 4) is 0 Å². The molecule has 0 radical (unpaired) electrons. The zero-order valence-electron chi connectivity index (χ0n) is 6.90. The SMILES string of the molecule is Nc1nnccc1N1CCCC1. The summed E-state index contributed by atoms with van der Waals surface area (Å²) in [7, 11) is 0. The maximum absolute atomic E-state index is 5.69. The Morgan fingerprint density at radius 3 is 2.75 bits per heavy atom. The summed E-state index contributed by atoms with van der Waals surface area (Å²) >= 11 is 0. The van der Waals surface area contributed by atoms with Gasteiger partial charge >= 0.3 is 0 Å². The summed E-state index contributed by atoms with van der Waals surface area (Å²) in [5.41, 5.74) is 6.72. The Labute approximate surface area is 71.4 Å². The fourth-order valence-corrected chi connectivity index (χ4v) is 1.56. The molecule has 0 bridgehead atoms. The average Bonchev–Trinajstić information content (AvgIpc) is 2.57. The van der Waals surface area contributed by atoms with Crippen LogP contribution in [-0.4, -0.2) is 23.3 Å². The van der Waals surface area contributed by atoms with E-state index in [0.29, 0.717) is 5.82 Å². The summed E-state index contributed by atoms with van der Waals surface area (Å²) in [5.74, 6) is 0.541. The van der Waals surface area contributed by atoms with Crippen LogP contribution in [0, 0.1) is 0 Å². The van der Waals surface area contributed by atoms with Gasteiger partial charge in [0, 0.05) is 13.1 Å². The smallest absolute Gasteiger partial charge is 0.169 e. The van der Waals surface area contributed by atoms with E-state index in [1.807, 2.05) is 6.07 Å². The summed E-state index contributed by atoms with van der Waals surface area (Å²) in [6, 6.07) is 1.92. The van der Waals surface area contributed by atoms with E-state index in [-0.39, 0.29) is 0 Å². The van der Waals surface area contributed by atoms with Crippen molar-refractivity contribution in [2.45, 2.75) is 12.8 Å². The molecule has 1 aromatic rings. The molecular formula is C8H12N4. The van der Waals surface area contributed by atoms with Gasteiger partial charge in [-0.25, -0.2) is 0 Å². The van der Waals surface area contributed by atoms with Crippen LogP contribution in [0.3, 0.4) is 0 Å². The molecule has 2 N–H and O–H groups in total.